The van der Waals surface area contributed by atoms with E-state index in [2.05, 4.69) is 12.2 Å². The van der Waals surface area contributed by atoms with Crippen LogP contribution in [-0.2, 0) is 0 Å². The molecular formula is C18H26FN3O2. The summed E-state index contributed by atoms with van der Waals surface area (Å²) in [5.74, 6) is 0.346. The van der Waals surface area contributed by atoms with E-state index >= 15 is 0 Å². The number of para-hydroxylation sites is 1. The van der Waals surface area contributed by atoms with Crippen molar-refractivity contribution in [2.45, 2.75) is 25.8 Å². The second-order valence-corrected chi connectivity index (χ2v) is 7.13. The minimum absolute atomic E-state index is 0.0296. The van der Waals surface area contributed by atoms with E-state index < -0.39 is 0 Å². The molecule has 2 amide bonds. The molecule has 0 saturated carbocycles. The van der Waals surface area contributed by atoms with E-state index in [1.54, 1.807) is 17.0 Å². The molecule has 2 heterocycles. The average molecular weight is 335 g/mol. The molecule has 2 saturated heterocycles. The Labute approximate surface area is 142 Å². The summed E-state index contributed by atoms with van der Waals surface area (Å²) < 4.78 is 13.9. The van der Waals surface area contributed by atoms with Crippen LogP contribution < -0.4 is 10.2 Å². The van der Waals surface area contributed by atoms with Crippen molar-refractivity contribution in [3.05, 3.63) is 30.1 Å². The van der Waals surface area contributed by atoms with Crippen LogP contribution in [0.15, 0.2) is 24.3 Å². The number of halogens is 1. The van der Waals surface area contributed by atoms with Crippen molar-refractivity contribution in [1.29, 1.82) is 0 Å². The Hall–Kier alpha value is -1.82. The average Bonchev–Trinajstić information content (AvgIpc) is 3.02. The van der Waals surface area contributed by atoms with E-state index in [1.807, 2.05) is 11.0 Å². The Morgan fingerprint density at radius 1 is 1.33 bits per heavy atom. The van der Waals surface area contributed by atoms with Gasteiger partial charge in [-0.25, -0.2) is 9.18 Å². The molecule has 6 heteroatoms. The van der Waals surface area contributed by atoms with Gasteiger partial charge in [0, 0.05) is 38.8 Å². The maximum Gasteiger partial charge on any atom is 0.317 e. The number of carbonyl (C=O) groups excluding carboxylic acids is 1. The summed E-state index contributed by atoms with van der Waals surface area (Å²) in [4.78, 5) is 16.3. The number of anilines is 1. The number of benzene rings is 1. The molecule has 5 nitrogen and oxygen atoms in total. The lowest BCUT2D eigenvalue weighted by atomic mass is 9.91. The lowest BCUT2D eigenvalue weighted by molar-refractivity contribution is 0.104. The largest absolute Gasteiger partial charge is 0.396 e. The van der Waals surface area contributed by atoms with Gasteiger partial charge in [0.2, 0.25) is 0 Å². The summed E-state index contributed by atoms with van der Waals surface area (Å²) in [6.45, 7) is 4.93. The zero-order valence-corrected chi connectivity index (χ0v) is 14.1. The van der Waals surface area contributed by atoms with Crippen molar-refractivity contribution in [2.75, 3.05) is 37.7 Å². The number of hydrogen-bond donors (Lipinski definition) is 2. The predicted molar refractivity (Wildman–Crippen MR) is 91.5 cm³/mol. The first-order valence-electron chi connectivity index (χ1n) is 8.72. The van der Waals surface area contributed by atoms with Gasteiger partial charge in [-0.3, -0.25) is 0 Å². The van der Waals surface area contributed by atoms with Crippen molar-refractivity contribution >= 4 is 11.7 Å². The van der Waals surface area contributed by atoms with Gasteiger partial charge in [0.1, 0.15) is 5.82 Å². The number of hydrogen-bond acceptors (Lipinski definition) is 3. The lowest BCUT2D eigenvalue weighted by Gasteiger charge is -2.36. The number of urea groups is 1. The van der Waals surface area contributed by atoms with Crippen LogP contribution in [-0.4, -0.2) is 54.9 Å². The smallest absolute Gasteiger partial charge is 0.317 e. The van der Waals surface area contributed by atoms with Crippen molar-refractivity contribution < 1.29 is 14.3 Å². The van der Waals surface area contributed by atoms with Crippen molar-refractivity contribution in [3.8, 4) is 0 Å². The topological polar surface area (TPSA) is 55.8 Å². The number of aliphatic hydroxyl groups is 1. The van der Waals surface area contributed by atoms with Gasteiger partial charge < -0.3 is 20.2 Å². The highest BCUT2D eigenvalue weighted by Crippen LogP contribution is 2.24. The van der Waals surface area contributed by atoms with Gasteiger partial charge >= 0.3 is 6.03 Å². The van der Waals surface area contributed by atoms with Crippen molar-refractivity contribution in [1.82, 2.24) is 10.2 Å². The van der Waals surface area contributed by atoms with E-state index in [-0.39, 0.29) is 30.4 Å². The normalized spacial score (nSPS) is 27.4. The van der Waals surface area contributed by atoms with Crippen molar-refractivity contribution in [3.63, 3.8) is 0 Å². The predicted octanol–water partition coefficient (Wildman–Crippen LogP) is 2.06. The van der Waals surface area contributed by atoms with E-state index in [0.29, 0.717) is 24.7 Å². The fourth-order valence-corrected chi connectivity index (χ4v) is 3.85. The fraction of sp³-hybridized carbons (Fsp3) is 0.611. The number of carbonyl (C=O) groups is 1. The highest BCUT2D eigenvalue weighted by Gasteiger charge is 2.30. The molecule has 0 aromatic heterocycles. The Kier molecular flexibility index (Phi) is 5.23. The zero-order chi connectivity index (χ0) is 17.1. The van der Waals surface area contributed by atoms with Crippen LogP contribution in [0.3, 0.4) is 0 Å². The number of nitrogens with zero attached hydrogens (tertiary/aromatic N) is 2. The van der Waals surface area contributed by atoms with Crippen LogP contribution in [0.4, 0.5) is 14.9 Å². The lowest BCUT2D eigenvalue weighted by Crippen LogP contribution is -2.51. The van der Waals surface area contributed by atoms with Gasteiger partial charge in [-0.1, -0.05) is 19.1 Å². The zero-order valence-electron chi connectivity index (χ0n) is 14.1. The number of rotatable bonds is 3. The summed E-state index contributed by atoms with van der Waals surface area (Å²) >= 11 is 0. The Morgan fingerprint density at radius 3 is 2.88 bits per heavy atom. The Balaban J connectivity index is 1.55. The summed E-state index contributed by atoms with van der Waals surface area (Å²) in [5, 5.41) is 12.5. The van der Waals surface area contributed by atoms with Crippen LogP contribution in [0.5, 0.6) is 0 Å². The number of nitrogens with one attached hydrogen (secondary N) is 1. The second kappa shape index (κ2) is 7.38. The molecule has 3 atom stereocenters. The summed E-state index contributed by atoms with van der Waals surface area (Å²) in [7, 11) is 0. The second-order valence-electron chi connectivity index (χ2n) is 7.13. The molecule has 132 valence electrons. The van der Waals surface area contributed by atoms with Crippen LogP contribution in [0.2, 0.25) is 0 Å². The molecular weight excluding hydrogens is 309 g/mol. The summed E-state index contributed by atoms with van der Waals surface area (Å²) in [6, 6.07) is 6.71. The van der Waals surface area contributed by atoms with Crippen LogP contribution in [0, 0.1) is 17.7 Å². The molecule has 2 N–H and O–H groups in total. The third-order valence-electron chi connectivity index (χ3n) is 5.00. The minimum Gasteiger partial charge on any atom is -0.396 e. The monoisotopic (exact) mass is 335 g/mol. The number of aliphatic hydroxyl groups excluding tert-OH is 1. The molecule has 0 radical (unpaired) electrons. The fourth-order valence-electron chi connectivity index (χ4n) is 3.85. The molecule has 3 rings (SSSR count). The third kappa shape index (κ3) is 3.80. The Morgan fingerprint density at radius 2 is 2.12 bits per heavy atom. The number of likely N-dealkylation sites (tertiary alicyclic amines) is 1. The molecule has 0 bridgehead atoms. The molecule has 2 aliphatic heterocycles. The van der Waals surface area contributed by atoms with E-state index in [4.69, 9.17) is 0 Å². The highest BCUT2D eigenvalue weighted by molar-refractivity contribution is 5.75. The van der Waals surface area contributed by atoms with Gasteiger partial charge in [0.05, 0.1) is 5.69 Å². The standard InChI is InChI=1S/C18H26FN3O2/c1-13-8-14(12-23)10-22(9-13)18(24)20-15-6-7-21(11-15)17-5-3-2-4-16(17)19/h2-5,13-15,23H,6-12H2,1H3,(H,20,24). The molecule has 0 spiro atoms. The SMILES string of the molecule is CC1CC(CO)CN(C(=O)NC2CCN(c3ccccc3F)C2)C1. The summed E-state index contributed by atoms with van der Waals surface area (Å²) in [6.07, 6.45) is 1.78. The Bertz CT molecular complexity index is 583. The molecule has 24 heavy (non-hydrogen) atoms. The van der Waals surface area contributed by atoms with E-state index in [0.717, 1.165) is 25.9 Å². The van der Waals surface area contributed by atoms with E-state index in [1.165, 1.54) is 6.07 Å². The minimum atomic E-state index is -0.222. The molecule has 2 aliphatic rings. The van der Waals surface area contributed by atoms with Gasteiger partial charge in [-0.05, 0) is 36.8 Å². The molecule has 1 aromatic rings. The maximum atomic E-state index is 13.9. The van der Waals surface area contributed by atoms with E-state index in [9.17, 15) is 14.3 Å². The first-order valence-corrected chi connectivity index (χ1v) is 8.72. The number of amides is 2. The maximum absolute atomic E-state index is 13.9. The van der Waals surface area contributed by atoms with Crippen LogP contribution in [0.25, 0.3) is 0 Å². The third-order valence-corrected chi connectivity index (χ3v) is 5.00. The molecule has 0 aliphatic carbocycles. The molecule has 2 fully saturated rings. The highest BCUT2D eigenvalue weighted by atomic mass is 19.1. The quantitative estimate of drug-likeness (QED) is 0.889. The first-order chi connectivity index (χ1) is 11.6. The van der Waals surface area contributed by atoms with Crippen LogP contribution >= 0.6 is 0 Å². The molecule has 3 unspecified atom stereocenters. The van der Waals surface area contributed by atoms with Crippen molar-refractivity contribution in [2.24, 2.45) is 11.8 Å². The molecule has 1 aromatic carbocycles. The first kappa shape index (κ1) is 17.0. The van der Waals surface area contributed by atoms with Gasteiger partial charge in [0.15, 0.2) is 0 Å². The van der Waals surface area contributed by atoms with Gasteiger partial charge in [-0.2, -0.15) is 0 Å². The van der Waals surface area contributed by atoms with Gasteiger partial charge in [0.25, 0.3) is 0 Å². The van der Waals surface area contributed by atoms with Crippen LogP contribution in [0.1, 0.15) is 19.8 Å². The van der Waals surface area contributed by atoms with Gasteiger partial charge in [-0.15, -0.1) is 0 Å². The number of piperidine rings is 1. The summed E-state index contributed by atoms with van der Waals surface area (Å²) in [5.41, 5.74) is 0.598.